The number of carbonyl (C=O) groups is 1. The SMILES string of the molecule is Cc1ccc(CCN(C)C(=O)C(C)O)c(C)c1C. The van der Waals surface area contributed by atoms with Crippen LogP contribution in [0.15, 0.2) is 12.1 Å². The minimum Gasteiger partial charge on any atom is -0.384 e. The minimum absolute atomic E-state index is 0.225. The second-order valence-electron chi connectivity index (χ2n) is 4.98. The molecule has 0 saturated carbocycles. The summed E-state index contributed by atoms with van der Waals surface area (Å²) in [6.45, 7) is 8.48. The molecule has 0 aromatic heterocycles. The molecule has 1 aromatic carbocycles. The molecular weight excluding hydrogens is 226 g/mol. The van der Waals surface area contributed by atoms with E-state index in [-0.39, 0.29) is 5.91 Å². The molecule has 0 aliphatic carbocycles. The molecule has 1 unspecified atom stereocenters. The van der Waals surface area contributed by atoms with E-state index < -0.39 is 6.10 Å². The Morgan fingerprint density at radius 3 is 2.44 bits per heavy atom. The van der Waals surface area contributed by atoms with E-state index in [0.717, 1.165) is 6.42 Å². The van der Waals surface area contributed by atoms with Crippen molar-refractivity contribution < 1.29 is 9.90 Å². The third-order valence-electron chi connectivity index (χ3n) is 3.62. The molecule has 0 spiro atoms. The summed E-state index contributed by atoms with van der Waals surface area (Å²) in [5.41, 5.74) is 5.18. The molecule has 1 amide bonds. The van der Waals surface area contributed by atoms with Crippen LogP contribution >= 0.6 is 0 Å². The lowest BCUT2D eigenvalue weighted by molar-refractivity contribution is -0.137. The van der Waals surface area contributed by atoms with Gasteiger partial charge in [-0.25, -0.2) is 0 Å². The summed E-state index contributed by atoms with van der Waals surface area (Å²) in [7, 11) is 1.73. The lowest BCUT2D eigenvalue weighted by Crippen LogP contribution is -2.36. The normalized spacial score (nSPS) is 12.3. The number of amides is 1. The fourth-order valence-electron chi connectivity index (χ4n) is 2.00. The van der Waals surface area contributed by atoms with Gasteiger partial charge in [-0.05, 0) is 56.4 Å². The number of hydrogen-bond acceptors (Lipinski definition) is 2. The summed E-state index contributed by atoms with van der Waals surface area (Å²) in [5, 5.41) is 9.23. The van der Waals surface area contributed by atoms with Crippen molar-refractivity contribution in [3.63, 3.8) is 0 Å². The largest absolute Gasteiger partial charge is 0.384 e. The molecule has 0 aliphatic heterocycles. The van der Waals surface area contributed by atoms with E-state index in [4.69, 9.17) is 0 Å². The van der Waals surface area contributed by atoms with E-state index in [1.165, 1.54) is 29.2 Å². The molecule has 1 atom stereocenters. The first-order valence-electron chi connectivity index (χ1n) is 6.33. The van der Waals surface area contributed by atoms with Gasteiger partial charge in [-0.1, -0.05) is 12.1 Å². The molecule has 0 saturated heterocycles. The monoisotopic (exact) mass is 249 g/mol. The Morgan fingerprint density at radius 1 is 1.28 bits per heavy atom. The predicted octanol–water partition coefficient (Wildman–Crippen LogP) is 1.99. The minimum atomic E-state index is -0.921. The van der Waals surface area contributed by atoms with Gasteiger partial charge in [0, 0.05) is 13.6 Å². The number of aliphatic hydroxyl groups is 1. The molecular formula is C15H23NO2. The van der Waals surface area contributed by atoms with E-state index in [1.54, 1.807) is 11.9 Å². The average molecular weight is 249 g/mol. The number of hydrogen-bond donors (Lipinski definition) is 1. The molecule has 100 valence electrons. The molecule has 1 rings (SSSR count). The van der Waals surface area contributed by atoms with Crippen LogP contribution in [-0.4, -0.2) is 35.6 Å². The number of rotatable bonds is 4. The summed E-state index contributed by atoms with van der Waals surface area (Å²) >= 11 is 0. The predicted molar refractivity (Wildman–Crippen MR) is 73.7 cm³/mol. The maximum absolute atomic E-state index is 11.5. The molecule has 0 radical (unpaired) electrons. The van der Waals surface area contributed by atoms with Crippen LogP contribution in [0, 0.1) is 20.8 Å². The number of benzene rings is 1. The van der Waals surface area contributed by atoms with Crippen molar-refractivity contribution in [1.82, 2.24) is 4.90 Å². The van der Waals surface area contributed by atoms with Crippen molar-refractivity contribution in [2.24, 2.45) is 0 Å². The third-order valence-corrected chi connectivity index (χ3v) is 3.62. The Balaban J connectivity index is 2.70. The fourth-order valence-corrected chi connectivity index (χ4v) is 2.00. The number of likely N-dealkylation sites (N-methyl/N-ethyl adjacent to an activating group) is 1. The van der Waals surface area contributed by atoms with E-state index in [1.807, 2.05) is 0 Å². The van der Waals surface area contributed by atoms with Crippen molar-refractivity contribution in [1.29, 1.82) is 0 Å². The smallest absolute Gasteiger partial charge is 0.250 e. The number of nitrogens with zero attached hydrogens (tertiary/aromatic N) is 1. The first-order valence-corrected chi connectivity index (χ1v) is 6.33. The quantitative estimate of drug-likeness (QED) is 0.886. The first kappa shape index (κ1) is 14.7. The Bertz CT molecular complexity index is 438. The van der Waals surface area contributed by atoms with E-state index in [2.05, 4.69) is 32.9 Å². The van der Waals surface area contributed by atoms with E-state index >= 15 is 0 Å². The van der Waals surface area contributed by atoms with Crippen LogP contribution in [0.25, 0.3) is 0 Å². The lowest BCUT2D eigenvalue weighted by Gasteiger charge is -2.20. The van der Waals surface area contributed by atoms with Crippen molar-refractivity contribution in [2.45, 2.75) is 40.2 Å². The van der Waals surface area contributed by atoms with Gasteiger partial charge in [-0.2, -0.15) is 0 Å². The van der Waals surface area contributed by atoms with Gasteiger partial charge >= 0.3 is 0 Å². The van der Waals surface area contributed by atoms with Crippen LogP contribution in [-0.2, 0) is 11.2 Å². The van der Waals surface area contributed by atoms with Crippen LogP contribution in [0.3, 0.4) is 0 Å². The Kier molecular flexibility index (Phi) is 4.91. The standard InChI is InChI=1S/C15H23NO2/c1-10-6-7-14(12(3)11(10)2)8-9-16(5)15(18)13(4)17/h6-7,13,17H,8-9H2,1-5H3. The van der Waals surface area contributed by atoms with Gasteiger partial charge in [-0.3, -0.25) is 4.79 Å². The highest BCUT2D eigenvalue weighted by Crippen LogP contribution is 2.17. The van der Waals surface area contributed by atoms with Gasteiger partial charge < -0.3 is 10.0 Å². The van der Waals surface area contributed by atoms with Crippen molar-refractivity contribution >= 4 is 5.91 Å². The maximum Gasteiger partial charge on any atom is 0.250 e. The topological polar surface area (TPSA) is 40.5 Å². The number of aliphatic hydroxyl groups excluding tert-OH is 1. The van der Waals surface area contributed by atoms with Gasteiger partial charge in [0.25, 0.3) is 5.91 Å². The van der Waals surface area contributed by atoms with Gasteiger partial charge in [0.15, 0.2) is 0 Å². The van der Waals surface area contributed by atoms with Crippen molar-refractivity contribution in [3.8, 4) is 0 Å². The molecule has 3 nitrogen and oxygen atoms in total. The Labute approximate surface area is 109 Å². The maximum atomic E-state index is 11.5. The molecule has 1 aromatic rings. The Hall–Kier alpha value is -1.35. The second-order valence-corrected chi connectivity index (χ2v) is 4.98. The first-order chi connectivity index (χ1) is 8.34. The second kappa shape index (κ2) is 6.01. The van der Waals surface area contributed by atoms with Gasteiger partial charge in [0.2, 0.25) is 0 Å². The summed E-state index contributed by atoms with van der Waals surface area (Å²) in [6, 6.07) is 4.24. The highest BCUT2D eigenvalue weighted by Gasteiger charge is 2.14. The van der Waals surface area contributed by atoms with Crippen LogP contribution in [0.2, 0.25) is 0 Å². The highest BCUT2D eigenvalue weighted by molar-refractivity contribution is 5.79. The summed E-state index contributed by atoms with van der Waals surface area (Å²) in [6.07, 6.45) is -0.0992. The van der Waals surface area contributed by atoms with E-state index in [0.29, 0.717) is 6.54 Å². The molecule has 0 heterocycles. The van der Waals surface area contributed by atoms with Crippen LogP contribution in [0.1, 0.15) is 29.2 Å². The number of carbonyl (C=O) groups excluding carboxylic acids is 1. The van der Waals surface area contributed by atoms with Crippen LogP contribution in [0.4, 0.5) is 0 Å². The molecule has 3 heteroatoms. The zero-order chi connectivity index (χ0) is 13.9. The van der Waals surface area contributed by atoms with E-state index in [9.17, 15) is 9.90 Å². The average Bonchev–Trinajstić information content (AvgIpc) is 2.33. The molecule has 0 aliphatic rings. The third kappa shape index (κ3) is 3.33. The summed E-state index contributed by atoms with van der Waals surface area (Å²) in [5.74, 6) is -0.225. The number of aryl methyl sites for hydroxylation is 1. The van der Waals surface area contributed by atoms with Gasteiger partial charge in [0.1, 0.15) is 6.10 Å². The summed E-state index contributed by atoms with van der Waals surface area (Å²) < 4.78 is 0. The molecule has 18 heavy (non-hydrogen) atoms. The zero-order valence-electron chi connectivity index (χ0n) is 11.9. The fraction of sp³-hybridized carbons (Fsp3) is 0.533. The van der Waals surface area contributed by atoms with Gasteiger partial charge in [0.05, 0.1) is 0 Å². The lowest BCUT2D eigenvalue weighted by atomic mass is 9.97. The highest BCUT2D eigenvalue weighted by atomic mass is 16.3. The van der Waals surface area contributed by atoms with Gasteiger partial charge in [-0.15, -0.1) is 0 Å². The van der Waals surface area contributed by atoms with Crippen molar-refractivity contribution in [3.05, 3.63) is 34.4 Å². The summed E-state index contributed by atoms with van der Waals surface area (Å²) in [4.78, 5) is 13.1. The van der Waals surface area contributed by atoms with Crippen LogP contribution < -0.4 is 0 Å². The zero-order valence-corrected chi connectivity index (χ0v) is 11.9. The van der Waals surface area contributed by atoms with Crippen LogP contribution in [0.5, 0.6) is 0 Å². The Morgan fingerprint density at radius 2 is 1.89 bits per heavy atom. The molecule has 1 N–H and O–H groups in total. The van der Waals surface area contributed by atoms with Crippen molar-refractivity contribution in [2.75, 3.05) is 13.6 Å². The molecule has 0 fully saturated rings. The molecule has 0 bridgehead atoms.